The molecule has 1 saturated heterocycles. The van der Waals surface area contributed by atoms with Crippen molar-refractivity contribution in [3.05, 3.63) is 29.6 Å². The Balaban J connectivity index is 2.01. The highest BCUT2D eigenvalue weighted by Crippen LogP contribution is 2.11. The molecule has 0 spiro atoms. The van der Waals surface area contributed by atoms with Crippen molar-refractivity contribution in [2.45, 2.75) is 6.42 Å². The molecule has 1 amide bonds. The molecule has 19 heavy (non-hydrogen) atoms. The molecule has 0 radical (unpaired) electrons. The number of rotatable bonds is 3. The summed E-state index contributed by atoms with van der Waals surface area (Å²) in [6.07, 6.45) is 2.57. The Morgan fingerprint density at radius 3 is 3.26 bits per heavy atom. The molecule has 1 atom stereocenters. The second-order valence-corrected chi connectivity index (χ2v) is 4.35. The number of carbonyl (C=O) groups excluding carboxylic acids is 1. The first-order valence-corrected chi connectivity index (χ1v) is 6.31. The molecule has 1 fully saturated rings. The number of pyridine rings is 1. The minimum absolute atomic E-state index is 0.200. The molecule has 3 N–H and O–H groups in total. The van der Waals surface area contributed by atoms with Crippen LogP contribution in [0.4, 0.5) is 0 Å². The lowest BCUT2D eigenvalue weighted by atomic mass is 10.1. The lowest BCUT2D eigenvalue weighted by Gasteiger charge is -2.09. The molecule has 0 bridgehead atoms. The highest BCUT2D eigenvalue weighted by molar-refractivity contribution is 5.94. The number of nitrogens with zero attached hydrogens (tertiary/aromatic N) is 1. The molecule has 1 aromatic heterocycles. The number of nitrogens with one attached hydrogen (secondary N) is 1. The van der Waals surface area contributed by atoms with E-state index in [9.17, 15) is 4.79 Å². The summed E-state index contributed by atoms with van der Waals surface area (Å²) in [7, 11) is 0. The van der Waals surface area contributed by atoms with E-state index in [0.29, 0.717) is 30.3 Å². The van der Waals surface area contributed by atoms with Gasteiger partial charge in [-0.2, -0.15) is 0 Å². The smallest absolute Gasteiger partial charge is 0.271 e. The third-order valence-corrected chi connectivity index (χ3v) is 2.92. The number of hydrogen-bond acceptors (Lipinski definition) is 4. The van der Waals surface area contributed by atoms with Gasteiger partial charge < -0.3 is 15.8 Å². The lowest BCUT2D eigenvalue weighted by Crippen LogP contribution is -2.30. The second-order valence-electron chi connectivity index (χ2n) is 4.35. The van der Waals surface area contributed by atoms with E-state index in [4.69, 9.17) is 10.5 Å². The van der Waals surface area contributed by atoms with Crippen molar-refractivity contribution in [3.8, 4) is 11.8 Å². The maximum Gasteiger partial charge on any atom is 0.271 e. The largest absolute Gasteiger partial charge is 0.381 e. The van der Waals surface area contributed by atoms with Crippen molar-refractivity contribution >= 4 is 5.91 Å². The maximum absolute atomic E-state index is 12.1. The second kappa shape index (κ2) is 6.88. The zero-order chi connectivity index (χ0) is 13.5. The molecule has 0 saturated carbocycles. The van der Waals surface area contributed by atoms with Crippen LogP contribution in [0.2, 0.25) is 0 Å². The lowest BCUT2D eigenvalue weighted by molar-refractivity contribution is 0.0940. The van der Waals surface area contributed by atoms with E-state index >= 15 is 0 Å². The van der Waals surface area contributed by atoms with E-state index in [2.05, 4.69) is 22.1 Å². The minimum atomic E-state index is -0.200. The van der Waals surface area contributed by atoms with Crippen molar-refractivity contribution in [2.75, 3.05) is 26.3 Å². The molecule has 1 aromatic rings. The van der Waals surface area contributed by atoms with Gasteiger partial charge in [-0.15, -0.1) is 0 Å². The van der Waals surface area contributed by atoms with Crippen LogP contribution >= 0.6 is 0 Å². The van der Waals surface area contributed by atoms with Gasteiger partial charge in [0.05, 0.1) is 18.7 Å². The predicted octanol–water partition coefficient (Wildman–Crippen LogP) is 0.158. The first kappa shape index (κ1) is 13.5. The molecule has 2 heterocycles. The average Bonchev–Trinajstić information content (AvgIpc) is 2.96. The van der Waals surface area contributed by atoms with Crippen LogP contribution < -0.4 is 11.1 Å². The summed E-state index contributed by atoms with van der Waals surface area (Å²) >= 11 is 0. The van der Waals surface area contributed by atoms with Crippen molar-refractivity contribution in [2.24, 2.45) is 11.7 Å². The molecule has 1 aliphatic heterocycles. The van der Waals surface area contributed by atoms with E-state index in [1.807, 2.05) is 0 Å². The normalized spacial score (nSPS) is 17.6. The fourth-order valence-electron chi connectivity index (χ4n) is 1.90. The Morgan fingerprint density at radius 1 is 1.63 bits per heavy atom. The molecule has 0 aromatic carbocycles. The molecule has 1 unspecified atom stereocenters. The van der Waals surface area contributed by atoms with E-state index in [0.717, 1.165) is 13.0 Å². The van der Waals surface area contributed by atoms with Gasteiger partial charge in [0.1, 0.15) is 5.69 Å². The van der Waals surface area contributed by atoms with Gasteiger partial charge in [-0.3, -0.25) is 4.79 Å². The quantitative estimate of drug-likeness (QED) is 0.758. The minimum Gasteiger partial charge on any atom is -0.381 e. The highest BCUT2D eigenvalue weighted by atomic mass is 16.5. The van der Waals surface area contributed by atoms with E-state index in [-0.39, 0.29) is 12.5 Å². The van der Waals surface area contributed by atoms with Crippen molar-refractivity contribution in [1.29, 1.82) is 0 Å². The van der Waals surface area contributed by atoms with Crippen LogP contribution in [0, 0.1) is 17.8 Å². The Hall–Kier alpha value is -1.90. The van der Waals surface area contributed by atoms with Gasteiger partial charge in [0.25, 0.3) is 5.91 Å². The summed E-state index contributed by atoms with van der Waals surface area (Å²) in [5.74, 6) is 5.79. The van der Waals surface area contributed by atoms with Crippen LogP contribution in [0.25, 0.3) is 0 Å². The first-order valence-electron chi connectivity index (χ1n) is 6.31. The highest BCUT2D eigenvalue weighted by Gasteiger charge is 2.18. The van der Waals surface area contributed by atoms with Crippen LogP contribution in [-0.4, -0.2) is 37.2 Å². The number of nitrogens with two attached hydrogens (primary N) is 1. The Kier molecular flexibility index (Phi) is 4.90. The average molecular weight is 259 g/mol. The van der Waals surface area contributed by atoms with Crippen molar-refractivity contribution in [3.63, 3.8) is 0 Å². The summed E-state index contributed by atoms with van der Waals surface area (Å²) < 4.78 is 5.27. The van der Waals surface area contributed by atoms with Crippen molar-refractivity contribution in [1.82, 2.24) is 10.3 Å². The molecule has 5 nitrogen and oxygen atoms in total. The standard InChI is InChI=1S/C14H17N3O2/c15-6-1-3-12-4-2-7-16-13(12)14(18)17-9-11-5-8-19-10-11/h2,4,7,11H,5-6,8-10,15H2,(H,17,18). The van der Waals surface area contributed by atoms with Gasteiger partial charge in [-0.25, -0.2) is 4.98 Å². The van der Waals surface area contributed by atoms with Gasteiger partial charge in [-0.1, -0.05) is 11.8 Å². The van der Waals surface area contributed by atoms with Gasteiger partial charge in [0.15, 0.2) is 0 Å². The summed E-state index contributed by atoms with van der Waals surface area (Å²) in [4.78, 5) is 16.2. The fraction of sp³-hybridized carbons (Fsp3) is 0.429. The van der Waals surface area contributed by atoms with Crippen LogP contribution in [0.15, 0.2) is 18.3 Å². The predicted molar refractivity (Wildman–Crippen MR) is 71.4 cm³/mol. The van der Waals surface area contributed by atoms with Crippen molar-refractivity contribution < 1.29 is 9.53 Å². The van der Waals surface area contributed by atoms with Gasteiger partial charge >= 0.3 is 0 Å². The van der Waals surface area contributed by atoms with E-state index < -0.39 is 0 Å². The van der Waals surface area contributed by atoms with Gasteiger partial charge in [-0.05, 0) is 18.6 Å². The Labute approximate surface area is 112 Å². The molecular weight excluding hydrogens is 242 g/mol. The monoisotopic (exact) mass is 259 g/mol. The molecule has 1 aliphatic rings. The fourth-order valence-corrected chi connectivity index (χ4v) is 1.90. The van der Waals surface area contributed by atoms with Gasteiger partial charge in [0.2, 0.25) is 0 Å². The van der Waals surface area contributed by atoms with E-state index in [1.54, 1.807) is 18.3 Å². The van der Waals surface area contributed by atoms with Gasteiger partial charge in [0, 0.05) is 25.3 Å². The van der Waals surface area contributed by atoms with E-state index in [1.165, 1.54) is 0 Å². The van der Waals surface area contributed by atoms with Crippen LogP contribution in [0.5, 0.6) is 0 Å². The summed E-state index contributed by atoms with van der Waals surface area (Å²) in [6.45, 7) is 2.36. The van der Waals surface area contributed by atoms with Crippen LogP contribution in [0.3, 0.4) is 0 Å². The first-order chi connectivity index (χ1) is 9.31. The third-order valence-electron chi connectivity index (χ3n) is 2.92. The number of carbonyl (C=O) groups is 1. The summed E-state index contributed by atoms with van der Waals surface area (Å²) in [6, 6.07) is 3.52. The number of aromatic nitrogens is 1. The molecule has 5 heteroatoms. The zero-order valence-electron chi connectivity index (χ0n) is 10.7. The third kappa shape index (κ3) is 3.78. The zero-order valence-corrected chi connectivity index (χ0v) is 10.7. The summed E-state index contributed by atoms with van der Waals surface area (Å²) in [5.41, 5.74) is 6.29. The maximum atomic E-state index is 12.1. The molecular formula is C14H17N3O2. The van der Waals surface area contributed by atoms with Crippen LogP contribution in [0.1, 0.15) is 22.5 Å². The Morgan fingerprint density at radius 2 is 2.53 bits per heavy atom. The molecule has 2 rings (SSSR count). The Bertz CT molecular complexity index is 499. The number of ether oxygens (including phenoxy) is 1. The SMILES string of the molecule is NCC#Cc1cccnc1C(=O)NCC1CCOC1. The summed E-state index contributed by atoms with van der Waals surface area (Å²) in [5, 5.41) is 2.88. The number of hydrogen-bond donors (Lipinski definition) is 2. The topological polar surface area (TPSA) is 77.2 Å². The number of amides is 1. The molecule has 0 aliphatic carbocycles. The molecule has 100 valence electrons. The van der Waals surface area contributed by atoms with Crippen LogP contribution in [-0.2, 0) is 4.74 Å².